The molecule has 0 N–H and O–H groups in total. The Labute approximate surface area is 155 Å². The maximum atomic E-state index is 6.53. The highest BCUT2D eigenvalue weighted by Gasteiger charge is 2.64. The third-order valence-electron chi connectivity index (χ3n) is 8.07. The average Bonchev–Trinajstić information content (AvgIpc) is 3.19. The van der Waals surface area contributed by atoms with Crippen LogP contribution in [0.3, 0.4) is 0 Å². The van der Waals surface area contributed by atoms with Crippen molar-refractivity contribution in [2.45, 2.75) is 59.0 Å². The molecule has 136 valence electrons. The van der Waals surface area contributed by atoms with Crippen molar-refractivity contribution in [2.75, 3.05) is 4.90 Å². The Kier molecular flexibility index (Phi) is 2.71. The number of para-hydroxylation sites is 1. The molecule has 2 aliphatic rings. The van der Waals surface area contributed by atoms with Gasteiger partial charge in [-0.1, -0.05) is 45.9 Å². The van der Waals surface area contributed by atoms with E-state index in [9.17, 15) is 0 Å². The highest BCUT2D eigenvalue weighted by Crippen LogP contribution is 2.65. The molecule has 5 rings (SSSR count). The van der Waals surface area contributed by atoms with Gasteiger partial charge in [0.05, 0.1) is 5.52 Å². The number of furan rings is 1. The van der Waals surface area contributed by atoms with Crippen LogP contribution < -0.4 is 4.90 Å². The van der Waals surface area contributed by atoms with Gasteiger partial charge in [0, 0.05) is 36.5 Å². The van der Waals surface area contributed by atoms with Crippen LogP contribution in [0.15, 0.2) is 34.9 Å². The van der Waals surface area contributed by atoms with E-state index in [1.165, 1.54) is 27.9 Å². The Morgan fingerprint density at radius 3 is 2.50 bits per heavy atom. The summed E-state index contributed by atoms with van der Waals surface area (Å²) in [5.74, 6) is 1.16. The molecule has 3 heteroatoms. The van der Waals surface area contributed by atoms with E-state index in [0.29, 0.717) is 0 Å². The van der Waals surface area contributed by atoms with Crippen molar-refractivity contribution in [3.63, 3.8) is 0 Å². The standard InChI is InChI=1S/C23H28N2O/c1-14-9-8-10-16-18(14)25-13-15-19-17(11-12-24(19)7)26-20(15)23(25,6)22(4,5)21(16,2)3/h8-12H,13H2,1-7H3. The molecule has 3 aromatic rings. The minimum atomic E-state index is -0.177. The van der Waals surface area contributed by atoms with Crippen LogP contribution in [0, 0.1) is 12.3 Å². The van der Waals surface area contributed by atoms with E-state index in [1.807, 2.05) is 0 Å². The maximum absolute atomic E-state index is 6.53. The van der Waals surface area contributed by atoms with Crippen molar-refractivity contribution >= 4 is 16.8 Å². The summed E-state index contributed by atoms with van der Waals surface area (Å²) in [6.45, 7) is 15.2. The minimum Gasteiger partial charge on any atom is -0.456 e. The smallest absolute Gasteiger partial charge is 0.152 e. The van der Waals surface area contributed by atoms with Gasteiger partial charge in [-0.3, -0.25) is 0 Å². The first-order valence-corrected chi connectivity index (χ1v) is 9.57. The number of anilines is 1. The minimum absolute atomic E-state index is 0.0000798. The molecule has 0 saturated carbocycles. The second-order valence-electron chi connectivity index (χ2n) is 9.43. The van der Waals surface area contributed by atoms with Crippen LogP contribution in [-0.4, -0.2) is 4.57 Å². The molecule has 0 amide bonds. The van der Waals surface area contributed by atoms with Crippen molar-refractivity contribution in [3.05, 3.63) is 52.9 Å². The van der Waals surface area contributed by atoms with Gasteiger partial charge in [0.1, 0.15) is 11.3 Å². The molecular formula is C23H28N2O. The fourth-order valence-electron chi connectivity index (χ4n) is 5.60. The lowest BCUT2D eigenvalue weighted by Gasteiger charge is -2.60. The number of benzene rings is 1. The Morgan fingerprint density at radius 2 is 1.77 bits per heavy atom. The Balaban J connectivity index is 1.90. The molecule has 0 radical (unpaired) electrons. The third-order valence-corrected chi connectivity index (χ3v) is 8.07. The summed E-state index contributed by atoms with van der Waals surface area (Å²) in [4.78, 5) is 2.61. The lowest BCUT2D eigenvalue weighted by molar-refractivity contribution is 0.0550. The van der Waals surface area contributed by atoms with Gasteiger partial charge in [0.15, 0.2) is 5.58 Å². The summed E-state index contributed by atoms with van der Waals surface area (Å²) in [6, 6.07) is 8.87. The molecule has 1 aromatic carbocycles. The van der Waals surface area contributed by atoms with Gasteiger partial charge in [-0.25, -0.2) is 0 Å². The number of aryl methyl sites for hydroxylation is 2. The van der Waals surface area contributed by atoms with E-state index in [-0.39, 0.29) is 16.4 Å². The van der Waals surface area contributed by atoms with Crippen molar-refractivity contribution in [2.24, 2.45) is 12.5 Å². The number of nitrogens with zero attached hydrogens (tertiary/aromatic N) is 2. The van der Waals surface area contributed by atoms with Gasteiger partial charge in [-0.2, -0.15) is 0 Å². The first-order valence-electron chi connectivity index (χ1n) is 9.57. The fraction of sp³-hybridized carbons (Fsp3) is 0.478. The topological polar surface area (TPSA) is 21.3 Å². The van der Waals surface area contributed by atoms with Crippen molar-refractivity contribution in [1.29, 1.82) is 0 Å². The van der Waals surface area contributed by atoms with E-state index < -0.39 is 0 Å². The maximum Gasteiger partial charge on any atom is 0.152 e. The van der Waals surface area contributed by atoms with E-state index in [1.54, 1.807) is 0 Å². The Morgan fingerprint density at radius 1 is 1.04 bits per heavy atom. The molecule has 0 fully saturated rings. The first-order chi connectivity index (χ1) is 12.1. The molecule has 1 atom stereocenters. The number of rotatable bonds is 0. The predicted octanol–water partition coefficient (Wildman–Crippen LogP) is 5.63. The molecule has 0 saturated heterocycles. The molecule has 4 heterocycles. The van der Waals surface area contributed by atoms with Crippen molar-refractivity contribution < 1.29 is 4.42 Å². The van der Waals surface area contributed by atoms with E-state index >= 15 is 0 Å². The number of hydrogen-bond acceptors (Lipinski definition) is 2. The first kappa shape index (κ1) is 16.0. The zero-order chi connectivity index (χ0) is 18.6. The highest BCUT2D eigenvalue weighted by atomic mass is 16.3. The van der Waals surface area contributed by atoms with Gasteiger partial charge in [0.25, 0.3) is 0 Å². The zero-order valence-electron chi connectivity index (χ0n) is 16.9. The third kappa shape index (κ3) is 1.45. The fourth-order valence-corrected chi connectivity index (χ4v) is 5.60. The van der Waals surface area contributed by atoms with Crippen LogP contribution in [0.2, 0.25) is 0 Å². The van der Waals surface area contributed by atoms with E-state index in [2.05, 4.69) is 88.5 Å². The lowest BCUT2D eigenvalue weighted by atomic mass is 9.52. The monoisotopic (exact) mass is 348 g/mol. The zero-order valence-corrected chi connectivity index (χ0v) is 16.9. The largest absolute Gasteiger partial charge is 0.456 e. The molecule has 1 unspecified atom stereocenters. The molecule has 0 bridgehead atoms. The van der Waals surface area contributed by atoms with Crippen LogP contribution in [0.5, 0.6) is 0 Å². The number of fused-ring (bicyclic) bond motifs is 7. The summed E-state index contributed by atoms with van der Waals surface area (Å²) < 4.78 is 8.73. The SMILES string of the molecule is Cc1cccc2c1N1Cc3c(oc4ccn(C)c34)C1(C)C(C)(C)C2(C)C. The van der Waals surface area contributed by atoms with Gasteiger partial charge < -0.3 is 13.9 Å². The van der Waals surface area contributed by atoms with Crippen LogP contribution >= 0.6 is 0 Å². The van der Waals surface area contributed by atoms with Crippen LogP contribution in [0.1, 0.15) is 57.1 Å². The Hall–Kier alpha value is -2.16. The van der Waals surface area contributed by atoms with Gasteiger partial charge >= 0.3 is 0 Å². The number of hydrogen-bond donors (Lipinski definition) is 0. The average molecular weight is 348 g/mol. The summed E-state index contributed by atoms with van der Waals surface area (Å²) in [7, 11) is 2.12. The molecule has 0 aliphatic carbocycles. The molecule has 3 nitrogen and oxygen atoms in total. The van der Waals surface area contributed by atoms with Crippen LogP contribution in [0.4, 0.5) is 5.69 Å². The second kappa shape index (κ2) is 4.39. The quantitative estimate of drug-likeness (QED) is 0.525. The van der Waals surface area contributed by atoms with Crippen LogP contribution in [0.25, 0.3) is 11.1 Å². The second-order valence-corrected chi connectivity index (χ2v) is 9.43. The molecule has 2 aromatic heterocycles. The summed E-state index contributed by atoms with van der Waals surface area (Å²) in [5.41, 5.74) is 7.67. The summed E-state index contributed by atoms with van der Waals surface area (Å²) in [6.07, 6.45) is 2.10. The lowest BCUT2D eigenvalue weighted by Crippen LogP contribution is -2.61. The molecule has 26 heavy (non-hydrogen) atoms. The highest BCUT2D eigenvalue weighted by molar-refractivity contribution is 5.83. The summed E-state index contributed by atoms with van der Waals surface area (Å²) in [5, 5.41) is 0. The number of aromatic nitrogens is 1. The molecule has 0 spiro atoms. The van der Waals surface area contributed by atoms with Gasteiger partial charge in [-0.05, 0) is 36.5 Å². The molecule has 2 aliphatic heterocycles. The summed E-state index contributed by atoms with van der Waals surface area (Å²) >= 11 is 0. The van der Waals surface area contributed by atoms with E-state index in [4.69, 9.17) is 4.42 Å². The molecular weight excluding hydrogens is 320 g/mol. The van der Waals surface area contributed by atoms with Crippen LogP contribution in [-0.2, 0) is 24.5 Å². The Bertz CT molecular complexity index is 1070. The van der Waals surface area contributed by atoms with Gasteiger partial charge in [-0.15, -0.1) is 0 Å². The van der Waals surface area contributed by atoms with E-state index in [0.717, 1.165) is 17.9 Å². The van der Waals surface area contributed by atoms with Crippen molar-refractivity contribution in [3.8, 4) is 0 Å². The predicted molar refractivity (Wildman–Crippen MR) is 107 cm³/mol. The normalized spacial score (nSPS) is 25.3. The van der Waals surface area contributed by atoms with Gasteiger partial charge in [0.2, 0.25) is 0 Å². The van der Waals surface area contributed by atoms with Crippen molar-refractivity contribution in [1.82, 2.24) is 4.57 Å².